The third-order valence-corrected chi connectivity index (χ3v) is 1.86. The first-order valence-corrected chi connectivity index (χ1v) is 3.80. The normalized spacial score (nSPS) is 9.79. The van der Waals surface area contributed by atoms with Crippen LogP contribution in [-0.2, 0) is 0 Å². The third-order valence-electron chi connectivity index (χ3n) is 1.86. The number of hydrogen-bond donors (Lipinski definition) is 3. The largest absolute Gasteiger partial charge is 0.478 e. The summed E-state index contributed by atoms with van der Waals surface area (Å²) in [7, 11) is 0. The van der Waals surface area contributed by atoms with E-state index >= 15 is 0 Å². The fourth-order valence-electron chi connectivity index (χ4n) is 1.10. The number of aromatic carboxylic acids is 2. The number of carbonyl (C=O) groups is 2. The number of carboxylic acid groups (broad SMARTS) is 2. The summed E-state index contributed by atoms with van der Waals surface area (Å²) in [6.45, 7) is 1.56. The van der Waals surface area contributed by atoms with Crippen molar-refractivity contribution in [3.05, 3.63) is 28.8 Å². The molecule has 0 bridgehead atoms. The molecule has 0 radical (unpaired) electrons. The topological polar surface area (TPSA) is 101 Å². The molecule has 0 amide bonds. The monoisotopic (exact) mass is 195 g/mol. The van der Waals surface area contributed by atoms with E-state index in [0.29, 0.717) is 5.56 Å². The van der Waals surface area contributed by atoms with Gasteiger partial charge in [-0.2, -0.15) is 0 Å². The number of nitrogen functional groups attached to an aromatic ring is 1. The fraction of sp³-hybridized carbons (Fsp3) is 0.111. The van der Waals surface area contributed by atoms with E-state index in [1.165, 1.54) is 6.07 Å². The molecule has 0 unspecified atom stereocenters. The van der Waals surface area contributed by atoms with Crippen molar-refractivity contribution in [3.8, 4) is 0 Å². The van der Waals surface area contributed by atoms with Crippen molar-refractivity contribution in [2.45, 2.75) is 6.92 Å². The zero-order chi connectivity index (χ0) is 10.9. The van der Waals surface area contributed by atoms with Gasteiger partial charge in [0, 0.05) is 5.69 Å². The number of rotatable bonds is 2. The molecule has 0 aliphatic heterocycles. The van der Waals surface area contributed by atoms with Gasteiger partial charge in [0.15, 0.2) is 0 Å². The van der Waals surface area contributed by atoms with Crippen molar-refractivity contribution in [1.82, 2.24) is 0 Å². The maximum atomic E-state index is 10.7. The molecule has 1 aromatic rings. The van der Waals surface area contributed by atoms with E-state index in [0.717, 1.165) is 6.07 Å². The molecule has 0 fully saturated rings. The average molecular weight is 195 g/mol. The summed E-state index contributed by atoms with van der Waals surface area (Å²) < 4.78 is 0. The van der Waals surface area contributed by atoms with Crippen molar-refractivity contribution in [1.29, 1.82) is 0 Å². The van der Waals surface area contributed by atoms with Crippen molar-refractivity contribution >= 4 is 17.6 Å². The van der Waals surface area contributed by atoms with Crippen LogP contribution in [0.4, 0.5) is 5.69 Å². The lowest BCUT2D eigenvalue weighted by atomic mass is 10.0. The molecule has 0 aromatic heterocycles. The molecule has 1 aromatic carbocycles. The van der Waals surface area contributed by atoms with Crippen LogP contribution in [0, 0.1) is 6.92 Å². The van der Waals surface area contributed by atoms with Crippen LogP contribution in [0.5, 0.6) is 0 Å². The van der Waals surface area contributed by atoms with Crippen molar-refractivity contribution in [3.63, 3.8) is 0 Å². The molecule has 0 spiro atoms. The van der Waals surface area contributed by atoms with Crippen LogP contribution in [0.25, 0.3) is 0 Å². The van der Waals surface area contributed by atoms with E-state index in [9.17, 15) is 9.59 Å². The molecule has 0 heterocycles. The van der Waals surface area contributed by atoms with E-state index in [2.05, 4.69) is 0 Å². The predicted octanol–water partition coefficient (Wildman–Crippen LogP) is 0.974. The molecule has 4 N–H and O–H groups in total. The highest BCUT2D eigenvalue weighted by molar-refractivity contribution is 5.98. The van der Waals surface area contributed by atoms with Crippen LogP contribution in [0.15, 0.2) is 12.1 Å². The van der Waals surface area contributed by atoms with Crippen LogP contribution in [0.3, 0.4) is 0 Å². The molecule has 0 aliphatic carbocycles. The summed E-state index contributed by atoms with van der Waals surface area (Å²) in [5.74, 6) is -2.40. The molecule has 5 nitrogen and oxygen atoms in total. The van der Waals surface area contributed by atoms with Crippen LogP contribution in [0.2, 0.25) is 0 Å². The molecular formula is C9H9NO4. The van der Waals surface area contributed by atoms with Gasteiger partial charge in [-0.3, -0.25) is 0 Å². The Bertz CT molecular complexity index is 412. The predicted molar refractivity (Wildman–Crippen MR) is 49.5 cm³/mol. The lowest BCUT2D eigenvalue weighted by Crippen LogP contribution is -2.07. The van der Waals surface area contributed by atoms with Gasteiger partial charge in [0.1, 0.15) is 0 Å². The summed E-state index contributed by atoms with van der Waals surface area (Å²) in [4.78, 5) is 21.3. The van der Waals surface area contributed by atoms with Crippen LogP contribution in [-0.4, -0.2) is 22.2 Å². The third kappa shape index (κ3) is 1.66. The minimum atomic E-state index is -1.23. The number of nitrogens with two attached hydrogens (primary N) is 1. The summed E-state index contributed by atoms with van der Waals surface area (Å²) in [6, 6.07) is 2.39. The molecule has 74 valence electrons. The second kappa shape index (κ2) is 3.37. The first-order valence-electron chi connectivity index (χ1n) is 3.80. The lowest BCUT2D eigenvalue weighted by molar-refractivity contribution is 0.0696. The maximum Gasteiger partial charge on any atom is 0.337 e. The van der Waals surface area contributed by atoms with Gasteiger partial charge >= 0.3 is 11.9 Å². The van der Waals surface area contributed by atoms with Crippen molar-refractivity contribution in [2.75, 3.05) is 5.73 Å². The summed E-state index contributed by atoms with van der Waals surface area (Å²) in [5.41, 5.74) is 5.77. The molecule has 0 atom stereocenters. The first-order chi connectivity index (χ1) is 6.43. The molecule has 0 aliphatic rings. The lowest BCUT2D eigenvalue weighted by Gasteiger charge is -2.05. The Morgan fingerprint density at radius 1 is 1.21 bits per heavy atom. The highest BCUT2D eigenvalue weighted by Gasteiger charge is 2.14. The van der Waals surface area contributed by atoms with Crippen LogP contribution < -0.4 is 5.73 Å². The molecular weight excluding hydrogens is 186 g/mol. The zero-order valence-electron chi connectivity index (χ0n) is 7.44. The van der Waals surface area contributed by atoms with E-state index in [-0.39, 0.29) is 16.8 Å². The number of hydrogen-bond acceptors (Lipinski definition) is 3. The van der Waals surface area contributed by atoms with Gasteiger partial charge in [0.25, 0.3) is 0 Å². The number of anilines is 1. The van der Waals surface area contributed by atoms with Gasteiger partial charge in [-0.1, -0.05) is 0 Å². The second-order valence-electron chi connectivity index (χ2n) is 2.86. The first kappa shape index (κ1) is 10.0. The highest BCUT2D eigenvalue weighted by Crippen LogP contribution is 2.19. The van der Waals surface area contributed by atoms with Gasteiger partial charge in [0.05, 0.1) is 11.1 Å². The van der Waals surface area contributed by atoms with Crippen molar-refractivity contribution < 1.29 is 19.8 Å². The SMILES string of the molecule is Cc1cc(C(=O)O)cc(C(=O)O)c1N. The van der Waals surface area contributed by atoms with Gasteiger partial charge in [-0.05, 0) is 24.6 Å². The smallest absolute Gasteiger partial charge is 0.337 e. The van der Waals surface area contributed by atoms with Gasteiger partial charge in [-0.25, -0.2) is 9.59 Å². The summed E-state index contributed by atoms with van der Waals surface area (Å²) in [6.07, 6.45) is 0. The quantitative estimate of drug-likeness (QED) is 0.610. The van der Waals surface area contributed by atoms with Gasteiger partial charge in [-0.15, -0.1) is 0 Å². The molecule has 0 saturated heterocycles. The average Bonchev–Trinajstić information content (AvgIpc) is 2.08. The van der Waals surface area contributed by atoms with Gasteiger partial charge < -0.3 is 15.9 Å². The Balaban J connectivity index is 3.43. The Morgan fingerprint density at radius 2 is 1.79 bits per heavy atom. The minimum absolute atomic E-state index is 0.0749. The molecule has 14 heavy (non-hydrogen) atoms. The number of benzene rings is 1. The van der Waals surface area contributed by atoms with Crippen LogP contribution >= 0.6 is 0 Å². The minimum Gasteiger partial charge on any atom is -0.478 e. The maximum absolute atomic E-state index is 10.7. The Morgan fingerprint density at radius 3 is 2.21 bits per heavy atom. The summed E-state index contributed by atoms with van der Waals surface area (Å²) in [5, 5.41) is 17.4. The zero-order valence-corrected chi connectivity index (χ0v) is 7.44. The van der Waals surface area contributed by atoms with Crippen molar-refractivity contribution in [2.24, 2.45) is 0 Å². The highest BCUT2D eigenvalue weighted by atomic mass is 16.4. The van der Waals surface area contributed by atoms with E-state index in [1.807, 2.05) is 0 Å². The van der Waals surface area contributed by atoms with Gasteiger partial charge in [0.2, 0.25) is 0 Å². The van der Waals surface area contributed by atoms with E-state index < -0.39 is 11.9 Å². The number of aryl methyl sites for hydroxylation is 1. The van der Waals surface area contributed by atoms with E-state index in [4.69, 9.17) is 15.9 Å². The second-order valence-corrected chi connectivity index (χ2v) is 2.86. The molecule has 5 heteroatoms. The fourth-order valence-corrected chi connectivity index (χ4v) is 1.10. The Kier molecular flexibility index (Phi) is 2.42. The van der Waals surface area contributed by atoms with Crippen LogP contribution in [0.1, 0.15) is 26.3 Å². The van der Waals surface area contributed by atoms with E-state index in [1.54, 1.807) is 6.92 Å². The Hall–Kier alpha value is -2.04. The standard InChI is InChI=1S/C9H9NO4/c1-4-2-5(8(11)12)3-6(7(4)10)9(13)14/h2-3H,10H2,1H3,(H,11,12)(H,13,14). The molecule has 0 saturated carbocycles. The summed E-state index contributed by atoms with van der Waals surface area (Å²) >= 11 is 0. The molecule has 1 rings (SSSR count). The number of carboxylic acids is 2. The Labute approximate surface area is 79.8 Å².